The van der Waals surface area contributed by atoms with Crippen LogP contribution in [0.1, 0.15) is 20.8 Å². The van der Waals surface area contributed by atoms with Gasteiger partial charge in [-0.1, -0.05) is 30.3 Å². The van der Waals surface area contributed by atoms with Crippen molar-refractivity contribution >= 4 is 17.8 Å². The molecule has 0 aliphatic carbocycles. The molecule has 3 amide bonds. The summed E-state index contributed by atoms with van der Waals surface area (Å²) in [7, 11) is 0. The Hall–Kier alpha value is -3.16. The Labute approximate surface area is 171 Å². The molecule has 8 heteroatoms. The van der Waals surface area contributed by atoms with Crippen LogP contribution in [-0.2, 0) is 4.79 Å². The second-order valence-electron chi connectivity index (χ2n) is 7.49. The van der Waals surface area contributed by atoms with E-state index in [1.807, 2.05) is 43.3 Å². The van der Waals surface area contributed by atoms with Gasteiger partial charge in [0, 0.05) is 44.5 Å². The lowest BCUT2D eigenvalue weighted by Gasteiger charge is -2.39. The standard InChI is InChI=1S/C21H28N6O2/c1-4-22-20(29)25-21(2,3)19(28)27-14-12-26(13-15-27)17-10-11-23-18(24-17)16-8-6-5-7-9-16/h5-11H,4,12-15H2,1-3H3,(H2,22,25,29). The van der Waals surface area contributed by atoms with Crippen LogP contribution in [0.4, 0.5) is 10.6 Å². The van der Waals surface area contributed by atoms with Crippen LogP contribution < -0.4 is 15.5 Å². The topological polar surface area (TPSA) is 90.5 Å². The molecule has 1 aromatic carbocycles. The maximum Gasteiger partial charge on any atom is 0.315 e. The van der Waals surface area contributed by atoms with Gasteiger partial charge in [0.05, 0.1) is 0 Å². The van der Waals surface area contributed by atoms with Crippen molar-refractivity contribution in [2.75, 3.05) is 37.6 Å². The summed E-state index contributed by atoms with van der Waals surface area (Å²) in [4.78, 5) is 37.7. The Morgan fingerprint density at radius 1 is 1.07 bits per heavy atom. The van der Waals surface area contributed by atoms with Crippen molar-refractivity contribution in [2.45, 2.75) is 26.3 Å². The Morgan fingerprint density at radius 2 is 1.76 bits per heavy atom. The number of urea groups is 1. The summed E-state index contributed by atoms with van der Waals surface area (Å²) < 4.78 is 0. The molecule has 2 heterocycles. The van der Waals surface area contributed by atoms with Gasteiger partial charge in [-0.2, -0.15) is 0 Å². The lowest BCUT2D eigenvalue weighted by molar-refractivity contribution is -0.137. The van der Waals surface area contributed by atoms with Crippen LogP contribution in [0.5, 0.6) is 0 Å². The van der Waals surface area contributed by atoms with Gasteiger partial charge in [-0.3, -0.25) is 4.79 Å². The minimum absolute atomic E-state index is 0.0870. The molecule has 0 bridgehead atoms. The van der Waals surface area contributed by atoms with Gasteiger partial charge in [-0.15, -0.1) is 0 Å². The second-order valence-corrected chi connectivity index (χ2v) is 7.49. The molecule has 1 aliphatic heterocycles. The van der Waals surface area contributed by atoms with E-state index in [4.69, 9.17) is 4.98 Å². The van der Waals surface area contributed by atoms with Crippen molar-refractivity contribution in [1.82, 2.24) is 25.5 Å². The zero-order chi connectivity index (χ0) is 20.9. The Bertz CT molecular complexity index is 847. The Kier molecular flexibility index (Phi) is 6.31. The third-order valence-corrected chi connectivity index (χ3v) is 4.86. The lowest BCUT2D eigenvalue weighted by atomic mass is 10.0. The summed E-state index contributed by atoms with van der Waals surface area (Å²) in [6.07, 6.45) is 1.77. The molecule has 1 aromatic heterocycles. The van der Waals surface area contributed by atoms with Crippen molar-refractivity contribution in [3.63, 3.8) is 0 Å². The summed E-state index contributed by atoms with van der Waals surface area (Å²) in [5, 5.41) is 5.41. The highest BCUT2D eigenvalue weighted by Gasteiger charge is 2.35. The van der Waals surface area contributed by atoms with Crippen LogP contribution in [0.15, 0.2) is 42.6 Å². The maximum absolute atomic E-state index is 12.9. The molecular weight excluding hydrogens is 368 g/mol. The average molecular weight is 396 g/mol. The monoisotopic (exact) mass is 396 g/mol. The summed E-state index contributed by atoms with van der Waals surface area (Å²) in [5.74, 6) is 1.45. The summed E-state index contributed by atoms with van der Waals surface area (Å²) >= 11 is 0. The minimum atomic E-state index is -0.961. The Balaban J connectivity index is 1.62. The van der Waals surface area contributed by atoms with Gasteiger partial charge in [0.1, 0.15) is 11.4 Å². The van der Waals surface area contributed by atoms with Crippen LogP contribution in [0.2, 0.25) is 0 Å². The highest BCUT2D eigenvalue weighted by molar-refractivity contribution is 5.90. The quantitative estimate of drug-likeness (QED) is 0.806. The fraction of sp³-hybridized carbons (Fsp3) is 0.429. The smallest absolute Gasteiger partial charge is 0.315 e. The van der Waals surface area contributed by atoms with Gasteiger partial charge in [0.2, 0.25) is 5.91 Å². The lowest BCUT2D eigenvalue weighted by Crippen LogP contribution is -2.61. The largest absolute Gasteiger partial charge is 0.353 e. The SMILES string of the molecule is CCNC(=O)NC(C)(C)C(=O)N1CCN(c2ccnc(-c3ccccc3)n2)CC1. The number of hydrogen-bond acceptors (Lipinski definition) is 5. The molecule has 0 saturated carbocycles. The number of anilines is 1. The molecule has 1 saturated heterocycles. The molecule has 0 spiro atoms. The normalized spacial score (nSPS) is 14.4. The predicted molar refractivity (Wildman–Crippen MR) is 113 cm³/mol. The van der Waals surface area contributed by atoms with E-state index in [9.17, 15) is 9.59 Å². The first kappa shape index (κ1) is 20.6. The van der Waals surface area contributed by atoms with Crippen LogP contribution in [-0.4, -0.2) is 65.1 Å². The first-order valence-electron chi connectivity index (χ1n) is 9.89. The van der Waals surface area contributed by atoms with E-state index in [-0.39, 0.29) is 11.9 Å². The molecule has 3 rings (SSSR count). The van der Waals surface area contributed by atoms with Crippen molar-refractivity contribution in [3.8, 4) is 11.4 Å². The Morgan fingerprint density at radius 3 is 2.41 bits per heavy atom. The molecule has 1 aliphatic rings. The van der Waals surface area contributed by atoms with Crippen LogP contribution in [0, 0.1) is 0 Å². The predicted octanol–water partition coefficient (Wildman–Crippen LogP) is 1.89. The molecule has 0 radical (unpaired) electrons. The third kappa shape index (κ3) is 5.01. The van der Waals surface area contributed by atoms with Gasteiger partial charge < -0.3 is 20.4 Å². The number of amides is 3. The first-order valence-corrected chi connectivity index (χ1v) is 9.89. The van der Waals surface area contributed by atoms with E-state index in [1.54, 1.807) is 24.9 Å². The summed E-state index contributed by atoms with van der Waals surface area (Å²) in [6.45, 7) is 8.31. The van der Waals surface area contributed by atoms with Gasteiger partial charge >= 0.3 is 6.03 Å². The maximum atomic E-state index is 12.9. The second kappa shape index (κ2) is 8.89. The minimum Gasteiger partial charge on any atom is -0.353 e. The first-order chi connectivity index (χ1) is 13.9. The van der Waals surface area contributed by atoms with Crippen LogP contribution in [0.3, 0.4) is 0 Å². The number of carbonyl (C=O) groups is 2. The molecule has 8 nitrogen and oxygen atoms in total. The molecule has 154 valence electrons. The van der Waals surface area contributed by atoms with Gasteiger partial charge in [0.15, 0.2) is 5.82 Å². The number of piperazine rings is 1. The van der Waals surface area contributed by atoms with Crippen LogP contribution in [0.25, 0.3) is 11.4 Å². The number of rotatable bonds is 5. The molecule has 2 aromatic rings. The molecule has 29 heavy (non-hydrogen) atoms. The number of carbonyl (C=O) groups excluding carboxylic acids is 2. The number of hydrogen-bond donors (Lipinski definition) is 2. The fourth-order valence-electron chi connectivity index (χ4n) is 3.33. The number of nitrogens with zero attached hydrogens (tertiary/aromatic N) is 4. The van der Waals surface area contributed by atoms with Gasteiger partial charge in [-0.05, 0) is 26.8 Å². The van der Waals surface area contributed by atoms with Crippen molar-refractivity contribution in [3.05, 3.63) is 42.6 Å². The average Bonchev–Trinajstić information content (AvgIpc) is 2.74. The highest BCUT2D eigenvalue weighted by atomic mass is 16.2. The van der Waals surface area contributed by atoms with E-state index >= 15 is 0 Å². The third-order valence-electron chi connectivity index (χ3n) is 4.86. The van der Waals surface area contributed by atoms with Crippen molar-refractivity contribution < 1.29 is 9.59 Å². The molecule has 2 N–H and O–H groups in total. The zero-order valence-electron chi connectivity index (χ0n) is 17.2. The summed E-state index contributed by atoms with van der Waals surface area (Å²) in [5.41, 5.74) is 0.0120. The molecule has 0 atom stereocenters. The van der Waals surface area contributed by atoms with E-state index in [0.29, 0.717) is 38.5 Å². The van der Waals surface area contributed by atoms with E-state index in [1.165, 1.54) is 0 Å². The number of aromatic nitrogens is 2. The van der Waals surface area contributed by atoms with Gasteiger partial charge in [0.25, 0.3) is 0 Å². The molecule has 1 fully saturated rings. The van der Waals surface area contributed by atoms with Crippen LogP contribution >= 0.6 is 0 Å². The molecule has 0 unspecified atom stereocenters. The highest BCUT2D eigenvalue weighted by Crippen LogP contribution is 2.20. The van der Waals surface area contributed by atoms with Crippen molar-refractivity contribution in [1.29, 1.82) is 0 Å². The zero-order valence-corrected chi connectivity index (χ0v) is 17.2. The molecular formula is C21H28N6O2. The fourth-order valence-corrected chi connectivity index (χ4v) is 3.33. The van der Waals surface area contributed by atoms with E-state index in [2.05, 4.69) is 20.5 Å². The van der Waals surface area contributed by atoms with Crippen molar-refractivity contribution in [2.24, 2.45) is 0 Å². The van der Waals surface area contributed by atoms with E-state index in [0.717, 1.165) is 11.4 Å². The number of nitrogens with one attached hydrogen (secondary N) is 2. The number of benzene rings is 1. The van der Waals surface area contributed by atoms with Gasteiger partial charge in [-0.25, -0.2) is 14.8 Å². The summed E-state index contributed by atoms with van der Waals surface area (Å²) in [6, 6.07) is 11.4. The van der Waals surface area contributed by atoms with E-state index < -0.39 is 5.54 Å².